The molecule has 0 saturated carbocycles. The average Bonchev–Trinajstić information content (AvgIpc) is 3.02. The van der Waals surface area contributed by atoms with E-state index in [4.69, 9.17) is 0 Å². The fourth-order valence-corrected chi connectivity index (χ4v) is 4.10. The van der Waals surface area contributed by atoms with Crippen molar-refractivity contribution in [2.75, 3.05) is 19.7 Å². The number of carbonyl (C=O) groups is 1. The van der Waals surface area contributed by atoms with E-state index >= 15 is 0 Å². The average molecular weight is 344 g/mol. The number of nitrogens with one attached hydrogen (secondary N) is 1. The minimum atomic E-state index is -0.0289. The van der Waals surface area contributed by atoms with Gasteiger partial charge in [-0.2, -0.15) is 11.3 Å². The second kappa shape index (κ2) is 7.92. The highest BCUT2D eigenvalue weighted by molar-refractivity contribution is 7.08. The molecule has 1 aromatic heterocycles. The lowest BCUT2D eigenvalue weighted by molar-refractivity contribution is 0.0730. The smallest absolute Gasteiger partial charge is 0.252 e. The number of hydrogen-bond donors (Lipinski definition) is 2. The van der Waals surface area contributed by atoms with Crippen molar-refractivity contribution in [2.24, 2.45) is 5.92 Å². The van der Waals surface area contributed by atoms with Crippen LogP contribution in [0.1, 0.15) is 27.9 Å². The standard InChI is InChI=1S/C19H24N2O2S/c1-14-12-24-13-17(14)19(23)20-18-10-21(8-7-16(18)11-22)9-15-5-3-2-4-6-15/h2-6,12-13,16,18,22H,7-11H2,1H3,(H,20,23). The van der Waals surface area contributed by atoms with Gasteiger partial charge >= 0.3 is 0 Å². The van der Waals surface area contributed by atoms with Crippen LogP contribution in [-0.4, -0.2) is 41.7 Å². The predicted octanol–water partition coefficient (Wildman–Crippen LogP) is 2.67. The van der Waals surface area contributed by atoms with Gasteiger partial charge in [-0.1, -0.05) is 30.3 Å². The molecule has 1 amide bonds. The number of piperidine rings is 1. The molecule has 1 aliphatic rings. The molecule has 0 bridgehead atoms. The molecule has 2 unspecified atom stereocenters. The molecule has 2 aromatic rings. The van der Waals surface area contributed by atoms with E-state index in [0.29, 0.717) is 0 Å². The van der Waals surface area contributed by atoms with Crippen molar-refractivity contribution < 1.29 is 9.90 Å². The van der Waals surface area contributed by atoms with E-state index in [9.17, 15) is 9.90 Å². The third kappa shape index (κ3) is 4.04. The van der Waals surface area contributed by atoms with Gasteiger partial charge in [0.05, 0.1) is 5.56 Å². The quantitative estimate of drug-likeness (QED) is 0.877. The van der Waals surface area contributed by atoms with Crippen LogP contribution in [-0.2, 0) is 6.54 Å². The van der Waals surface area contributed by atoms with Crippen molar-refractivity contribution in [1.29, 1.82) is 0 Å². The first-order chi connectivity index (χ1) is 11.7. The number of benzene rings is 1. The van der Waals surface area contributed by atoms with Crippen molar-refractivity contribution in [1.82, 2.24) is 10.2 Å². The molecule has 128 valence electrons. The summed E-state index contributed by atoms with van der Waals surface area (Å²) in [5.74, 6) is 0.0960. The second-order valence-electron chi connectivity index (χ2n) is 6.50. The first-order valence-corrected chi connectivity index (χ1v) is 9.32. The van der Waals surface area contributed by atoms with Crippen LogP contribution in [0, 0.1) is 12.8 Å². The summed E-state index contributed by atoms with van der Waals surface area (Å²) >= 11 is 1.54. The van der Waals surface area contributed by atoms with Crippen molar-refractivity contribution in [3.05, 3.63) is 57.8 Å². The Morgan fingerprint density at radius 2 is 2.12 bits per heavy atom. The van der Waals surface area contributed by atoms with Crippen LogP contribution in [0.4, 0.5) is 0 Å². The van der Waals surface area contributed by atoms with E-state index in [0.717, 1.165) is 37.2 Å². The number of aliphatic hydroxyl groups excluding tert-OH is 1. The molecule has 2 atom stereocenters. The Morgan fingerprint density at radius 1 is 1.33 bits per heavy atom. The maximum absolute atomic E-state index is 12.5. The maximum Gasteiger partial charge on any atom is 0.252 e. The SMILES string of the molecule is Cc1cscc1C(=O)NC1CN(Cc2ccccc2)CCC1CO. The molecule has 2 heterocycles. The topological polar surface area (TPSA) is 52.6 Å². The summed E-state index contributed by atoms with van der Waals surface area (Å²) in [7, 11) is 0. The van der Waals surface area contributed by atoms with Crippen LogP contribution in [0.5, 0.6) is 0 Å². The molecule has 24 heavy (non-hydrogen) atoms. The zero-order valence-corrected chi connectivity index (χ0v) is 14.8. The molecular formula is C19H24N2O2S. The Kier molecular flexibility index (Phi) is 5.66. The number of aryl methyl sites for hydroxylation is 1. The van der Waals surface area contributed by atoms with Gasteiger partial charge in [-0.3, -0.25) is 9.69 Å². The zero-order valence-electron chi connectivity index (χ0n) is 13.9. The van der Waals surface area contributed by atoms with Crippen LogP contribution in [0.15, 0.2) is 41.1 Å². The monoisotopic (exact) mass is 344 g/mol. The number of likely N-dealkylation sites (tertiary alicyclic amines) is 1. The molecule has 1 fully saturated rings. The second-order valence-corrected chi connectivity index (χ2v) is 7.24. The van der Waals surface area contributed by atoms with Crippen LogP contribution < -0.4 is 5.32 Å². The number of hydrogen-bond acceptors (Lipinski definition) is 4. The fourth-order valence-electron chi connectivity index (χ4n) is 3.27. The Hall–Kier alpha value is -1.69. The number of amides is 1. The van der Waals surface area contributed by atoms with Crippen molar-refractivity contribution in [2.45, 2.75) is 25.9 Å². The summed E-state index contributed by atoms with van der Waals surface area (Å²) in [4.78, 5) is 14.9. The first kappa shape index (κ1) is 17.1. The minimum absolute atomic E-state index is 0.0146. The largest absolute Gasteiger partial charge is 0.396 e. The van der Waals surface area contributed by atoms with E-state index in [1.165, 1.54) is 5.56 Å². The fraction of sp³-hybridized carbons (Fsp3) is 0.421. The van der Waals surface area contributed by atoms with Crippen molar-refractivity contribution in [3.8, 4) is 0 Å². The van der Waals surface area contributed by atoms with Gasteiger partial charge in [-0.15, -0.1) is 0 Å². The van der Waals surface area contributed by atoms with E-state index < -0.39 is 0 Å². The van der Waals surface area contributed by atoms with Crippen molar-refractivity contribution >= 4 is 17.2 Å². The van der Waals surface area contributed by atoms with Crippen LogP contribution in [0.2, 0.25) is 0 Å². The lowest BCUT2D eigenvalue weighted by atomic mass is 9.91. The van der Waals surface area contributed by atoms with Gasteiger partial charge in [0.25, 0.3) is 5.91 Å². The zero-order chi connectivity index (χ0) is 16.9. The summed E-state index contributed by atoms with van der Waals surface area (Å²) in [6.45, 7) is 4.67. The summed E-state index contributed by atoms with van der Waals surface area (Å²) in [6, 6.07) is 10.4. The van der Waals surface area contributed by atoms with Crippen LogP contribution in [0.3, 0.4) is 0 Å². The lowest BCUT2D eigenvalue weighted by Crippen LogP contribution is -2.53. The predicted molar refractivity (Wildman–Crippen MR) is 97.2 cm³/mol. The van der Waals surface area contributed by atoms with E-state index in [1.807, 2.05) is 23.8 Å². The number of carbonyl (C=O) groups excluding carboxylic acids is 1. The summed E-state index contributed by atoms with van der Waals surface area (Å²) in [5.41, 5.74) is 3.03. The highest BCUT2D eigenvalue weighted by Crippen LogP contribution is 2.21. The molecule has 1 saturated heterocycles. The molecule has 3 rings (SSSR count). The molecule has 2 N–H and O–H groups in total. The molecule has 1 aromatic carbocycles. The third-order valence-corrected chi connectivity index (χ3v) is 5.60. The van der Waals surface area contributed by atoms with Crippen molar-refractivity contribution in [3.63, 3.8) is 0 Å². The van der Waals surface area contributed by atoms with Gasteiger partial charge in [-0.25, -0.2) is 0 Å². The Balaban J connectivity index is 1.65. The Morgan fingerprint density at radius 3 is 2.79 bits per heavy atom. The summed E-state index contributed by atoms with van der Waals surface area (Å²) < 4.78 is 0. The highest BCUT2D eigenvalue weighted by atomic mass is 32.1. The van der Waals surface area contributed by atoms with Gasteiger partial charge < -0.3 is 10.4 Å². The molecule has 1 aliphatic heterocycles. The van der Waals surface area contributed by atoms with Gasteiger partial charge in [0, 0.05) is 37.0 Å². The van der Waals surface area contributed by atoms with E-state index in [1.54, 1.807) is 11.3 Å². The van der Waals surface area contributed by atoms with Crippen LogP contribution >= 0.6 is 11.3 Å². The van der Waals surface area contributed by atoms with Gasteiger partial charge in [-0.05, 0) is 36.4 Å². The maximum atomic E-state index is 12.5. The normalized spacial score (nSPS) is 21.6. The molecule has 4 nitrogen and oxygen atoms in total. The van der Waals surface area contributed by atoms with Gasteiger partial charge in [0.1, 0.15) is 0 Å². The highest BCUT2D eigenvalue weighted by Gasteiger charge is 2.30. The van der Waals surface area contributed by atoms with Crippen LogP contribution in [0.25, 0.3) is 0 Å². The Bertz CT molecular complexity index is 671. The third-order valence-electron chi connectivity index (χ3n) is 4.74. The van der Waals surface area contributed by atoms with E-state index in [-0.39, 0.29) is 24.5 Å². The number of aliphatic hydroxyl groups is 1. The summed E-state index contributed by atoms with van der Waals surface area (Å²) in [5, 5.41) is 16.7. The lowest BCUT2D eigenvalue weighted by Gasteiger charge is -2.38. The Labute approximate surface area is 147 Å². The van der Waals surface area contributed by atoms with E-state index in [2.05, 4.69) is 34.5 Å². The number of nitrogens with zero attached hydrogens (tertiary/aromatic N) is 1. The first-order valence-electron chi connectivity index (χ1n) is 8.38. The molecule has 0 aliphatic carbocycles. The number of thiophene rings is 1. The molecular weight excluding hydrogens is 320 g/mol. The van der Waals surface area contributed by atoms with Gasteiger partial charge in [0.2, 0.25) is 0 Å². The summed E-state index contributed by atoms with van der Waals surface area (Å²) in [6.07, 6.45) is 0.900. The molecule has 0 spiro atoms. The van der Waals surface area contributed by atoms with Gasteiger partial charge in [0.15, 0.2) is 0 Å². The molecule has 5 heteroatoms. The number of rotatable bonds is 5. The molecule has 0 radical (unpaired) electrons. The minimum Gasteiger partial charge on any atom is -0.396 e.